The van der Waals surface area contributed by atoms with E-state index < -0.39 is 0 Å². The molecule has 0 saturated heterocycles. The highest BCUT2D eigenvalue weighted by Crippen LogP contribution is 2.31. The molecule has 0 aliphatic carbocycles. The zero-order valence-electron chi connectivity index (χ0n) is 20.3. The minimum absolute atomic E-state index is 0.0328. The smallest absolute Gasteiger partial charge is 0.228 e. The molecule has 2 aromatic carbocycles. The largest absolute Gasteiger partial charge is 0.494 e. The number of nitrogens with two attached hydrogens (primary N) is 1. The number of amides is 1. The molecule has 0 fully saturated rings. The van der Waals surface area contributed by atoms with Gasteiger partial charge >= 0.3 is 0 Å². The molecule has 3 rings (SSSR count). The van der Waals surface area contributed by atoms with Crippen LogP contribution in [0.2, 0.25) is 0 Å². The lowest BCUT2D eigenvalue weighted by Gasteiger charge is -2.08. The zero-order valence-corrected chi connectivity index (χ0v) is 21.1. The summed E-state index contributed by atoms with van der Waals surface area (Å²) in [5.41, 5.74) is 8.06. The Morgan fingerprint density at radius 3 is 2.14 bits per heavy atom. The summed E-state index contributed by atoms with van der Waals surface area (Å²) in [5, 5.41) is 15.2. The molecule has 4 N–H and O–H groups in total. The van der Waals surface area contributed by atoms with E-state index in [0.717, 1.165) is 46.9 Å². The van der Waals surface area contributed by atoms with Gasteiger partial charge in [-0.15, -0.1) is 11.3 Å². The lowest BCUT2D eigenvalue weighted by atomic mass is 10.1. The minimum atomic E-state index is -0.0852. The molecule has 0 radical (unpaired) electrons. The highest BCUT2D eigenvalue weighted by molar-refractivity contribution is 7.16. The van der Waals surface area contributed by atoms with Crippen LogP contribution in [0.4, 0.5) is 5.13 Å². The maximum atomic E-state index is 11.9. The van der Waals surface area contributed by atoms with Crippen LogP contribution < -0.4 is 20.5 Å². The third-order valence-corrected chi connectivity index (χ3v) is 6.15. The van der Waals surface area contributed by atoms with E-state index in [1.54, 1.807) is 24.3 Å². The zero-order chi connectivity index (χ0) is 25.2. The monoisotopic (exact) mass is 496 g/mol. The van der Waals surface area contributed by atoms with E-state index in [1.807, 2.05) is 45.0 Å². The Labute approximate surface area is 209 Å². The van der Waals surface area contributed by atoms with Gasteiger partial charge in [0.15, 0.2) is 11.0 Å². The number of ether oxygens (including phenoxy) is 2. The molecule has 0 atom stereocenters. The Hall–Kier alpha value is -3.59. The van der Waals surface area contributed by atoms with Gasteiger partial charge in [-0.05, 0) is 74.7 Å². The topological polar surface area (TPSA) is 119 Å². The van der Waals surface area contributed by atoms with Gasteiger partial charge in [0, 0.05) is 21.9 Å². The predicted molar refractivity (Wildman–Crippen MR) is 140 cm³/mol. The fourth-order valence-electron chi connectivity index (χ4n) is 3.22. The number of carbonyl (C=O) groups excluding carboxylic acids is 1. The molecular weight excluding hydrogens is 464 g/mol. The van der Waals surface area contributed by atoms with Crippen molar-refractivity contribution in [2.24, 2.45) is 16.8 Å². The van der Waals surface area contributed by atoms with E-state index in [9.17, 15) is 4.79 Å². The number of rotatable bonds is 12. The number of benzene rings is 2. The first kappa shape index (κ1) is 26.0. The average Bonchev–Trinajstić information content (AvgIpc) is 3.23. The normalized spacial score (nSPS) is 11.5. The minimum Gasteiger partial charge on any atom is -0.494 e. The van der Waals surface area contributed by atoms with Gasteiger partial charge in [-0.2, -0.15) is 0 Å². The van der Waals surface area contributed by atoms with Gasteiger partial charge in [-0.3, -0.25) is 4.79 Å². The third-order valence-electron chi connectivity index (χ3n) is 5.26. The summed E-state index contributed by atoms with van der Waals surface area (Å²) in [6, 6.07) is 15.0. The van der Waals surface area contributed by atoms with Crippen LogP contribution in [0, 0.1) is 12.8 Å². The highest BCUT2D eigenvalue weighted by Gasteiger charge is 2.14. The lowest BCUT2D eigenvalue weighted by Crippen LogP contribution is -2.17. The maximum absolute atomic E-state index is 11.9. The van der Waals surface area contributed by atoms with E-state index in [0.29, 0.717) is 23.9 Å². The molecule has 35 heavy (non-hydrogen) atoms. The number of unbranched alkanes of at least 4 members (excludes halogenated alkanes) is 2. The van der Waals surface area contributed by atoms with Crippen LogP contribution in [0.15, 0.2) is 53.7 Å². The van der Waals surface area contributed by atoms with Crippen LogP contribution in [0.5, 0.6) is 11.5 Å². The number of aryl methyl sites for hydroxylation is 1. The van der Waals surface area contributed by atoms with Gasteiger partial charge in [0.25, 0.3) is 0 Å². The molecule has 186 valence electrons. The van der Waals surface area contributed by atoms with Crippen LogP contribution in [-0.4, -0.2) is 35.1 Å². The van der Waals surface area contributed by atoms with Crippen LogP contribution in [0.1, 0.15) is 43.6 Å². The van der Waals surface area contributed by atoms with E-state index in [4.69, 9.17) is 20.4 Å². The Bertz CT molecular complexity index is 1130. The van der Waals surface area contributed by atoms with Gasteiger partial charge in [-0.25, -0.2) is 4.98 Å². The van der Waals surface area contributed by atoms with Crippen molar-refractivity contribution >= 4 is 28.2 Å². The average molecular weight is 497 g/mol. The van der Waals surface area contributed by atoms with Gasteiger partial charge in [0.05, 0.1) is 18.9 Å². The quantitative estimate of drug-likeness (QED) is 0.101. The SMILES string of the molecule is Cc1sc(NC(=O)C(C)C)nc1-c1ccc(OCCCCCOc2ccc(C(N)=NO)cc2)cc1. The first-order valence-corrected chi connectivity index (χ1v) is 12.4. The second kappa shape index (κ2) is 12.8. The van der Waals surface area contributed by atoms with Crippen LogP contribution in [0.3, 0.4) is 0 Å². The molecular formula is C26H32N4O4S. The molecule has 0 saturated carbocycles. The van der Waals surface area contributed by atoms with E-state index >= 15 is 0 Å². The Morgan fingerprint density at radius 2 is 1.60 bits per heavy atom. The van der Waals surface area contributed by atoms with Crippen molar-refractivity contribution in [2.75, 3.05) is 18.5 Å². The van der Waals surface area contributed by atoms with Crippen molar-refractivity contribution in [3.05, 3.63) is 59.0 Å². The van der Waals surface area contributed by atoms with Gasteiger partial charge in [0.2, 0.25) is 5.91 Å². The molecule has 8 nitrogen and oxygen atoms in total. The summed E-state index contributed by atoms with van der Waals surface area (Å²) >= 11 is 1.48. The first-order chi connectivity index (χ1) is 16.9. The second-order valence-corrected chi connectivity index (χ2v) is 9.56. The van der Waals surface area contributed by atoms with Gasteiger partial charge in [0.1, 0.15) is 11.5 Å². The predicted octanol–water partition coefficient (Wildman–Crippen LogP) is 5.44. The summed E-state index contributed by atoms with van der Waals surface area (Å²) < 4.78 is 11.6. The summed E-state index contributed by atoms with van der Waals surface area (Å²) in [4.78, 5) is 17.6. The number of hydrogen-bond acceptors (Lipinski definition) is 7. The van der Waals surface area contributed by atoms with E-state index in [2.05, 4.69) is 15.5 Å². The third kappa shape index (κ3) is 7.71. The van der Waals surface area contributed by atoms with Gasteiger partial charge < -0.3 is 25.7 Å². The Kier molecular flexibility index (Phi) is 9.48. The molecule has 0 unspecified atom stereocenters. The fourth-order valence-corrected chi connectivity index (χ4v) is 4.06. The summed E-state index contributed by atoms with van der Waals surface area (Å²) in [6.07, 6.45) is 2.84. The molecule has 3 aromatic rings. The standard InChI is InChI=1S/C26H32N4O4S/c1-17(2)25(31)29-26-28-23(18(3)35-26)19-7-11-21(12-8-19)33-15-5-4-6-16-34-22-13-9-20(10-14-22)24(27)30-32/h7-14,17,32H,4-6,15-16H2,1-3H3,(H2,27,30)(H,28,29,31). The van der Waals surface area contributed by atoms with Crippen molar-refractivity contribution in [1.29, 1.82) is 0 Å². The summed E-state index contributed by atoms with van der Waals surface area (Å²) in [6.45, 7) is 6.97. The number of amidine groups is 1. The lowest BCUT2D eigenvalue weighted by molar-refractivity contribution is -0.118. The maximum Gasteiger partial charge on any atom is 0.228 e. The number of carbonyl (C=O) groups is 1. The van der Waals surface area contributed by atoms with Crippen LogP contribution >= 0.6 is 11.3 Å². The molecule has 9 heteroatoms. The van der Waals surface area contributed by atoms with Crippen molar-refractivity contribution in [3.63, 3.8) is 0 Å². The Morgan fingerprint density at radius 1 is 1.03 bits per heavy atom. The number of oxime groups is 1. The molecule has 0 aliphatic rings. The number of thiazole rings is 1. The Balaban J connectivity index is 1.36. The van der Waals surface area contributed by atoms with Crippen molar-refractivity contribution in [2.45, 2.75) is 40.0 Å². The number of hydrogen-bond donors (Lipinski definition) is 3. The molecule has 1 amide bonds. The summed E-state index contributed by atoms with van der Waals surface area (Å²) in [5.74, 6) is 1.52. The molecule has 1 heterocycles. The van der Waals surface area contributed by atoms with Gasteiger partial charge in [-0.1, -0.05) is 19.0 Å². The highest BCUT2D eigenvalue weighted by atomic mass is 32.1. The second-order valence-electron chi connectivity index (χ2n) is 8.36. The fraction of sp³-hybridized carbons (Fsp3) is 0.346. The van der Waals surface area contributed by atoms with Crippen LogP contribution in [-0.2, 0) is 4.79 Å². The number of aromatic nitrogens is 1. The van der Waals surface area contributed by atoms with E-state index in [1.165, 1.54) is 11.3 Å². The van der Waals surface area contributed by atoms with E-state index in [-0.39, 0.29) is 17.7 Å². The number of anilines is 1. The van der Waals surface area contributed by atoms with Crippen LogP contribution in [0.25, 0.3) is 11.3 Å². The summed E-state index contributed by atoms with van der Waals surface area (Å²) in [7, 11) is 0. The molecule has 0 spiro atoms. The molecule has 1 aromatic heterocycles. The molecule has 0 aliphatic heterocycles. The number of nitrogens with one attached hydrogen (secondary N) is 1. The van der Waals surface area contributed by atoms with Crippen molar-refractivity contribution in [1.82, 2.24) is 4.98 Å². The number of nitrogens with zero attached hydrogens (tertiary/aromatic N) is 2. The molecule has 0 bridgehead atoms. The van der Waals surface area contributed by atoms with Crippen molar-refractivity contribution < 1.29 is 19.5 Å². The first-order valence-electron chi connectivity index (χ1n) is 11.6. The van der Waals surface area contributed by atoms with Crippen molar-refractivity contribution in [3.8, 4) is 22.8 Å².